The third-order valence-corrected chi connectivity index (χ3v) is 5.60. The van der Waals surface area contributed by atoms with E-state index in [4.69, 9.17) is 10.5 Å². The lowest BCUT2D eigenvalue weighted by atomic mass is 10.2. The Hall–Kier alpha value is -3.55. The van der Waals surface area contributed by atoms with E-state index < -0.39 is 0 Å². The number of para-hydroxylation sites is 1. The van der Waals surface area contributed by atoms with Gasteiger partial charge in [-0.1, -0.05) is 25.1 Å². The third kappa shape index (κ3) is 4.47. The van der Waals surface area contributed by atoms with Gasteiger partial charge in [-0.2, -0.15) is 0 Å². The first kappa shape index (κ1) is 20.7. The zero-order chi connectivity index (χ0) is 21.8. The van der Waals surface area contributed by atoms with E-state index >= 15 is 0 Å². The van der Waals surface area contributed by atoms with Gasteiger partial charge in [0.05, 0.1) is 25.2 Å². The van der Waals surface area contributed by atoms with Crippen LogP contribution in [0, 0.1) is 0 Å². The average Bonchev–Trinajstić information content (AvgIpc) is 3.38. The van der Waals surface area contributed by atoms with Crippen LogP contribution >= 0.6 is 0 Å². The molecule has 2 aliphatic heterocycles. The molecular formula is C23H27N5O3. The second-order valence-electron chi connectivity index (χ2n) is 7.60. The number of aromatic nitrogens is 1. The summed E-state index contributed by atoms with van der Waals surface area (Å²) < 4.78 is 5.28. The van der Waals surface area contributed by atoms with Crippen molar-refractivity contribution in [1.29, 1.82) is 0 Å². The van der Waals surface area contributed by atoms with Gasteiger partial charge in [0.1, 0.15) is 11.9 Å². The van der Waals surface area contributed by atoms with Gasteiger partial charge < -0.3 is 25.2 Å². The van der Waals surface area contributed by atoms with Gasteiger partial charge in [-0.25, -0.2) is 4.98 Å². The molecule has 1 atom stereocenters. The van der Waals surface area contributed by atoms with Crippen molar-refractivity contribution in [2.45, 2.75) is 32.2 Å². The molecule has 2 aromatic rings. The highest BCUT2D eigenvalue weighted by Gasteiger charge is 2.38. The molecule has 2 aliphatic rings. The highest BCUT2D eigenvalue weighted by atomic mass is 16.5. The Morgan fingerprint density at radius 3 is 2.68 bits per heavy atom. The van der Waals surface area contributed by atoms with Crippen molar-refractivity contribution in [2.75, 3.05) is 35.4 Å². The van der Waals surface area contributed by atoms with Gasteiger partial charge in [0.15, 0.2) is 0 Å². The molecule has 2 N–H and O–H groups in total. The number of hydrogen-bond donors (Lipinski definition) is 1. The van der Waals surface area contributed by atoms with Gasteiger partial charge in [0, 0.05) is 37.0 Å². The van der Waals surface area contributed by atoms with Crippen LogP contribution in [0.15, 0.2) is 60.6 Å². The van der Waals surface area contributed by atoms with Crippen molar-refractivity contribution < 1.29 is 14.3 Å². The molecule has 1 aromatic carbocycles. The third-order valence-electron chi connectivity index (χ3n) is 5.60. The fourth-order valence-corrected chi connectivity index (χ4v) is 3.96. The summed E-state index contributed by atoms with van der Waals surface area (Å²) in [5, 5.41) is 0. The molecule has 8 heteroatoms. The Morgan fingerprint density at radius 1 is 1.16 bits per heavy atom. The van der Waals surface area contributed by atoms with Crippen molar-refractivity contribution in [3.8, 4) is 0 Å². The molecule has 31 heavy (non-hydrogen) atoms. The van der Waals surface area contributed by atoms with Crippen LogP contribution in [-0.4, -0.2) is 47.6 Å². The van der Waals surface area contributed by atoms with E-state index in [-0.39, 0.29) is 17.9 Å². The summed E-state index contributed by atoms with van der Waals surface area (Å²) in [4.78, 5) is 34.9. The molecule has 1 aromatic heterocycles. The minimum absolute atomic E-state index is 0.0940. The van der Waals surface area contributed by atoms with Crippen molar-refractivity contribution >= 4 is 29.1 Å². The molecule has 1 fully saturated rings. The number of pyridine rings is 1. The molecule has 0 aliphatic carbocycles. The number of nitrogens with zero attached hydrogens (tertiary/aromatic N) is 4. The molecule has 4 rings (SSSR count). The maximum absolute atomic E-state index is 13.2. The molecule has 3 heterocycles. The van der Waals surface area contributed by atoms with Crippen LogP contribution in [0.4, 0.5) is 17.2 Å². The summed E-state index contributed by atoms with van der Waals surface area (Å²) in [5.41, 5.74) is 8.52. The highest BCUT2D eigenvalue weighted by Crippen LogP contribution is 2.31. The van der Waals surface area contributed by atoms with E-state index in [1.807, 2.05) is 47.5 Å². The summed E-state index contributed by atoms with van der Waals surface area (Å²) in [6.45, 7) is 3.28. The first-order chi connectivity index (χ1) is 15.1. The van der Waals surface area contributed by atoms with E-state index in [0.29, 0.717) is 38.5 Å². The first-order valence-electron chi connectivity index (χ1n) is 10.5. The summed E-state index contributed by atoms with van der Waals surface area (Å²) in [5.74, 6) is 0.323. The minimum Gasteiger partial charge on any atom is -0.465 e. The lowest BCUT2D eigenvalue weighted by Gasteiger charge is -2.27. The summed E-state index contributed by atoms with van der Waals surface area (Å²) in [6, 6.07) is 13.2. The fourth-order valence-electron chi connectivity index (χ4n) is 3.96. The number of carbonyl (C=O) groups is 2. The number of amides is 1. The largest absolute Gasteiger partial charge is 0.465 e. The van der Waals surface area contributed by atoms with Crippen LogP contribution < -0.4 is 15.5 Å². The van der Waals surface area contributed by atoms with Crippen molar-refractivity contribution in [2.24, 2.45) is 0 Å². The van der Waals surface area contributed by atoms with Crippen LogP contribution in [0.3, 0.4) is 0 Å². The normalized spacial score (nSPS) is 18.5. The molecule has 0 radical (unpaired) electrons. The number of anilines is 3. The maximum atomic E-state index is 13.2. The van der Waals surface area contributed by atoms with Crippen LogP contribution in [0.2, 0.25) is 0 Å². The second kappa shape index (κ2) is 9.07. The predicted molar refractivity (Wildman–Crippen MR) is 119 cm³/mol. The molecule has 1 amide bonds. The quantitative estimate of drug-likeness (QED) is 0.687. The Bertz CT molecular complexity index is 961. The Balaban J connectivity index is 1.51. The molecule has 0 bridgehead atoms. The smallest absolute Gasteiger partial charge is 0.305 e. The molecule has 162 valence electrons. The second-order valence-corrected chi connectivity index (χ2v) is 7.60. The van der Waals surface area contributed by atoms with Crippen LogP contribution in [0.1, 0.15) is 26.2 Å². The number of benzene rings is 1. The number of ether oxygens (including phenoxy) is 1. The lowest BCUT2D eigenvalue weighted by molar-refractivity contribution is -0.143. The number of carbonyl (C=O) groups excluding carboxylic acids is 2. The Kier molecular flexibility index (Phi) is 6.06. The Labute approximate surface area is 181 Å². The van der Waals surface area contributed by atoms with E-state index in [1.165, 1.54) is 0 Å². The van der Waals surface area contributed by atoms with Gasteiger partial charge in [-0.3, -0.25) is 9.59 Å². The van der Waals surface area contributed by atoms with E-state index in [9.17, 15) is 9.59 Å². The summed E-state index contributed by atoms with van der Waals surface area (Å²) in [7, 11) is 0. The van der Waals surface area contributed by atoms with E-state index in [2.05, 4.69) is 14.8 Å². The fraction of sp³-hybridized carbons (Fsp3) is 0.348. The van der Waals surface area contributed by atoms with Gasteiger partial charge in [0.25, 0.3) is 0 Å². The SMILES string of the molecule is CCC(=O)OCCC1=CN(C2CCN(c3ccccc3)C2=O)CN1c1ccc(N)nc1. The Morgan fingerprint density at radius 2 is 1.97 bits per heavy atom. The van der Waals surface area contributed by atoms with Gasteiger partial charge in [0.2, 0.25) is 5.91 Å². The van der Waals surface area contributed by atoms with Gasteiger partial charge >= 0.3 is 5.97 Å². The minimum atomic E-state index is -0.236. The topological polar surface area (TPSA) is 92.0 Å². The van der Waals surface area contributed by atoms with Crippen molar-refractivity contribution in [3.05, 3.63) is 60.6 Å². The van der Waals surface area contributed by atoms with Crippen LogP contribution in [0.5, 0.6) is 0 Å². The van der Waals surface area contributed by atoms with Crippen LogP contribution in [-0.2, 0) is 14.3 Å². The predicted octanol–water partition coefficient (Wildman–Crippen LogP) is 2.73. The standard InChI is InChI=1S/C23H27N5O3/c1-2-22(29)31-13-11-19-15-26(16-28(19)18-8-9-21(24)25-14-18)20-10-12-27(23(20)30)17-6-4-3-5-7-17/h3-9,14-15,20H,2,10-13,16H2,1H3,(H2,24,25). The molecule has 1 saturated heterocycles. The number of hydrogen-bond acceptors (Lipinski definition) is 7. The summed E-state index contributed by atoms with van der Waals surface area (Å²) >= 11 is 0. The molecular weight excluding hydrogens is 394 g/mol. The maximum Gasteiger partial charge on any atom is 0.305 e. The number of esters is 1. The molecule has 8 nitrogen and oxygen atoms in total. The van der Waals surface area contributed by atoms with Crippen molar-refractivity contribution in [3.63, 3.8) is 0 Å². The monoisotopic (exact) mass is 421 g/mol. The molecule has 0 spiro atoms. The zero-order valence-corrected chi connectivity index (χ0v) is 17.6. The number of rotatable bonds is 7. The van der Waals surface area contributed by atoms with E-state index in [0.717, 1.165) is 23.5 Å². The first-order valence-corrected chi connectivity index (χ1v) is 10.5. The number of nitrogen functional groups attached to an aromatic ring is 1. The molecule has 1 unspecified atom stereocenters. The van der Waals surface area contributed by atoms with Gasteiger partial charge in [-0.05, 0) is 30.7 Å². The van der Waals surface area contributed by atoms with Crippen LogP contribution in [0.25, 0.3) is 0 Å². The average molecular weight is 422 g/mol. The van der Waals surface area contributed by atoms with E-state index in [1.54, 1.807) is 19.2 Å². The lowest BCUT2D eigenvalue weighted by Crippen LogP contribution is -2.40. The van der Waals surface area contributed by atoms with Gasteiger partial charge in [-0.15, -0.1) is 0 Å². The highest BCUT2D eigenvalue weighted by molar-refractivity contribution is 5.99. The zero-order valence-electron chi connectivity index (χ0n) is 17.6. The molecule has 0 saturated carbocycles. The van der Waals surface area contributed by atoms with Crippen molar-refractivity contribution in [1.82, 2.24) is 9.88 Å². The number of nitrogens with two attached hydrogens (primary N) is 1. The summed E-state index contributed by atoms with van der Waals surface area (Å²) in [6.07, 6.45) is 5.37.